The van der Waals surface area contributed by atoms with Crippen molar-refractivity contribution in [2.75, 3.05) is 5.75 Å². The number of rotatable bonds is 3. The number of hydrogen-bond donors (Lipinski definition) is 1. The molecule has 1 rings (SSSR count). The standard InChI is InChI=1S/C8H11NO2S/c1-6(10)12-3-2-7-4-8(11)9-5-7/h5H,2-4H2,1H3,(H,9,11). The van der Waals surface area contributed by atoms with Crippen molar-refractivity contribution >= 4 is 22.8 Å². The molecule has 1 aliphatic heterocycles. The van der Waals surface area contributed by atoms with E-state index in [1.165, 1.54) is 11.8 Å². The Balaban J connectivity index is 2.16. The first-order valence-electron chi connectivity index (χ1n) is 3.79. The molecule has 0 fully saturated rings. The number of carbonyl (C=O) groups excluding carboxylic acids is 2. The lowest BCUT2D eigenvalue weighted by atomic mass is 10.2. The summed E-state index contributed by atoms with van der Waals surface area (Å²) in [6, 6.07) is 0. The molecule has 0 unspecified atom stereocenters. The molecule has 0 bridgehead atoms. The monoisotopic (exact) mass is 185 g/mol. The summed E-state index contributed by atoms with van der Waals surface area (Å²) in [6.45, 7) is 1.55. The van der Waals surface area contributed by atoms with Gasteiger partial charge in [0.05, 0.1) is 0 Å². The Kier molecular flexibility index (Phi) is 3.34. The normalized spacial score (nSPS) is 15.8. The van der Waals surface area contributed by atoms with Gasteiger partial charge in [-0.3, -0.25) is 9.59 Å². The second-order valence-corrected chi connectivity index (χ2v) is 3.91. The maximum atomic E-state index is 10.7. The maximum Gasteiger partial charge on any atom is 0.228 e. The van der Waals surface area contributed by atoms with Gasteiger partial charge in [0.2, 0.25) is 5.91 Å². The molecular formula is C8H11NO2S. The molecule has 1 amide bonds. The Morgan fingerprint density at radius 2 is 2.50 bits per heavy atom. The van der Waals surface area contributed by atoms with Gasteiger partial charge in [0, 0.05) is 25.3 Å². The smallest absolute Gasteiger partial charge is 0.228 e. The molecule has 0 saturated heterocycles. The Bertz CT molecular complexity index is 235. The van der Waals surface area contributed by atoms with Crippen molar-refractivity contribution in [1.29, 1.82) is 0 Å². The molecule has 0 radical (unpaired) electrons. The van der Waals surface area contributed by atoms with Gasteiger partial charge in [-0.25, -0.2) is 0 Å². The van der Waals surface area contributed by atoms with Crippen LogP contribution in [0.4, 0.5) is 0 Å². The van der Waals surface area contributed by atoms with E-state index in [0.717, 1.165) is 17.7 Å². The molecule has 1 heterocycles. The van der Waals surface area contributed by atoms with E-state index < -0.39 is 0 Å². The van der Waals surface area contributed by atoms with Crippen LogP contribution in [0.2, 0.25) is 0 Å². The molecule has 1 N–H and O–H groups in total. The second kappa shape index (κ2) is 4.30. The van der Waals surface area contributed by atoms with E-state index in [4.69, 9.17) is 0 Å². The van der Waals surface area contributed by atoms with Gasteiger partial charge in [-0.2, -0.15) is 0 Å². The molecule has 0 aromatic rings. The average Bonchev–Trinajstić information content (AvgIpc) is 2.35. The largest absolute Gasteiger partial charge is 0.332 e. The van der Waals surface area contributed by atoms with E-state index in [9.17, 15) is 9.59 Å². The molecule has 0 aromatic heterocycles. The maximum absolute atomic E-state index is 10.7. The molecule has 4 heteroatoms. The van der Waals surface area contributed by atoms with Crippen LogP contribution in [-0.4, -0.2) is 16.8 Å². The summed E-state index contributed by atoms with van der Waals surface area (Å²) in [5, 5.41) is 2.74. The minimum Gasteiger partial charge on any atom is -0.332 e. The molecule has 66 valence electrons. The molecule has 0 aliphatic carbocycles. The molecule has 12 heavy (non-hydrogen) atoms. The third-order valence-corrected chi connectivity index (χ3v) is 2.37. The van der Waals surface area contributed by atoms with Crippen molar-refractivity contribution in [1.82, 2.24) is 5.32 Å². The number of carbonyl (C=O) groups is 2. The topological polar surface area (TPSA) is 46.2 Å². The summed E-state index contributed by atoms with van der Waals surface area (Å²) in [6.07, 6.45) is 3.06. The third-order valence-electron chi connectivity index (χ3n) is 1.55. The van der Waals surface area contributed by atoms with Crippen LogP contribution in [0.1, 0.15) is 19.8 Å². The minimum absolute atomic E-state index is 0.0535. The predicted molar refractivity (Wildman–Crippen MR) is 48.6 cm³/mol. The van der Waals surface area contributed by atoms with Gasteiger partial charge in [-0.1, -0.05) is 11.8 Å². The third kappa shape index (κ3) is 3.09. The molecule has 0 spiro atoms. The molecule has 0 saturated carbocycles. The molecular weight excluding hydrogens is 174 g/mol. The highest BCUT2D eigenvalue weighted by Crippen LogP contribution is 2.15. The fourth-order valence-electron chi connectivity index (χ4n) is 0.977. The highest BCUT2D eigenvalue weighted by atomic mass is 32.2. The minimum atomic E-state index is 0.0535. The van der Waals surface area contributed by atoms with Crippen molar-refractivity contribution in [3.05, 3.63) is 11.8 Å². The summed E-state index contributed by atoms with van der Waals surface area (Å²) in [7, 11) is 0. The fraction of sp³-hybridized carbons (Fsp3) is 0.500. The summed E-state index contributed by atoms with van der Waals surface area (Å²) in [5.74, 6) is 0.827. The zero-order chi connectivity index (χ0) is 8.97. The predicted octanol–water partition coefficient (Wildman–Crippen LogP) is 1.06. The Morgan fingerprint density at radius 1 is 1.75 bits per heavy atom. The first-order chi connectivity index (χ1) is 5.68. The highest BCUT2D eigenvalue weighted by molar-refractivity contribution is 8.13. The van der Waals surface area contributed by atoms with Gasteiger partial charge < -0.3 is 5.32 Å². The van der Waals surface area contributed by atoms with Gasteiger partial charge in [-0.05, 0) is 12.0 Å². The average molecular weight is 185 g/mol. The lowest BCUT2D eigenvalue weighted by Gasteiger charge is -1.96. The van der Waals surface area contributed by atoms with Crippen LogP contribution in [0.25, 0.3) is 0 Å². The van der Waals surface area contributed by atoms with E-state index in [-0.39, 0.29) is 11.0 Å². The Hall–Kier alpha value is -0.770. The Morgan fingerprint density at radius 3 is 3.00 bits per heavy atom. The SMILES string of the molecule is CC(=O)SCCC1=CNC(=O)C1. The number of hydrogen-bond acceptors (Lipinski definition) is 3. The first kappa shape index (κ1) is 9.32. The van der Waals surface area contributed by atoms with Crippen molar-refractivity contribution in [2.24, 2.45) is 0 Å². The van der Waals surface area contributed by atoms with E-state index in [1.54, 1.807) is 13.1 Å². The summed E-state index contributed by atoms with van der Waals surface area (Å²) >= 11 is 1.30. The van der Waals surface area contributed by atoms with Crippen molar-refractivity contribution in [3.8, 4) is 0 Å². The van der Waals surface area contributed by atoms with Crippen molar-refractivity contribution < 1.29 is 9.59 Å². The summed E-state index contributed by atoms with van der Waals surface area (Å²) in [5.41, 5.74) is 1.09. The molecule has 0 atom stereocenters. The Labute approximate surface area is 75.6 Å². The zero-order valence-electron chi connectivity index (χ0n) is 6.92. The zero-order valence-corrected chi connectivity index (χ0v) is 7.74. The van der Waals surface area contributed by atoms with E-state index in [1.807, 2.05) is 0 Å². The van der Waals surface area contributed by atoms with Crippen LogP contribution in [-0.2, 0) is 9.59 Å². The number of amides is 1. The second-order valence-electron chi connectivity index (χ2n) is 2.64. The van der Waals surface area contributed by atoms with E-state index >= 15 is 0 Å². The summed E-state index contributed by atoms with van der Waals surface area (Å²) in [4.78, 5) is 21.3. The first-order valence-corrected chi connectivity index (χ1v) is 4.77. The van der Waals surface area contributed by atoms with Gasteiger partial charge in [0.15, 0.2) is 5.12 Å². The van der Waals surface area contributed by atoms with Gasteiger partial charge in [0.1, 0.15) is 0 Å². The molecule has 1 aliphatic rings. The number of nitrogens with one attached hydrogen (secondary N) is 1. The van der Waals surface area contributed by atoms with Crippen LogP contribution in [0.5, 0.6) is 0 Å². The van der Waals surface area contributed by atoms with Gasteiger partial charge in [0.25, 0.3) is 0 Å². The van der Waals surface area contributed by atoms with Crippen LogP contribution in [0.3, 0.4) is 0 Å². The summed E-state index contributed by atoms with van der Waals surface area (Å²) < 4.78 is 0. The van der Waals surface area contributed by atoms with Crippen LogP contribution in [0, 0.1) is 0 Å². The lowest BCUT2D eigenvalue weighted by Crippen LogP contribution is -2.08. The van der Waals surface area contributed by atoms with Crippen molar-refractivity contribution in [3.63, 3.8) is 0 Å². The molecule has 3 nitrogen and oxygen atoms in total. The van der Waals surface area contributed by atoms with Crippen LogP contribution in [0.15, 0.2) is 11.8 Å². The fourth-order valence-corrected chi connectivity index (χ4v) is 1.63. The van der Waals surface area contributed by atoms with Crippen LogP contribution >= 0.6 is 11.8 Å². The number of thioether (sulfide) groups is 1. The van der Waals surface area contributed by atoms with Crippen molar-refractivity contribution in [2.45, 2.75) is 19.8 Å². The lowest BCUT2D eigenvalue weighted by molar-refractivity contribution is -0.118. The van der Waals surface area contributed by atoms with E-state index in [2.05, 4.69) is 5.32 Å². The van der Waals surface area contributed by atoms with Crippen LogP contribution < -0.4 is 5.32 Å². The van der Waals surface area contributed by atoms with Gasteiger partial charge in [-0.15, -0.1) is 0 Å². The quantitative estimate of drug-likeness (QED) is 0.715. The van der Waals surface area contributed by atoms with Gasteiger partial charge >= 0.3 is 0 Å². The molecule has 0 aromatic carbocycles. The van der Waals surface area contributed by atoms with E-state index in [0.29, 0.717) is 6.42 Å². The highest BCUT2D eigenvalue weighted by Gasteiger charge is 2.11.